The van der Waals surface area contributed by atoms with Crippen molar-refractivity contribution in [2.75, 3.05) is 11.6 Å². The molecule has 0 saturated heterocycles. The average molecular weight is 518 g/mol. The number of anilines is 2. The third-order valence-electron chi connectivity index (χ3n) is 4.85. The molecule has 0 amide bonds. The van der Waals surface area contributed by atoms with Gasteiger partial charge >= 0.3 is 0 Å². The molecule has 0 aliphatic heterocycles. The van der Waals surface area contributed by atoms with Crippen LogP contribution < -0.4 is 10.1 Å². The fourth-order valence-corrected chi connectivity index (χ4v) is 4.12. The second-order valence-corrected chi connectivity index (χ2v) is 10.2. The summed E-state index contributed by atoms with van der Waals surface area (Å²) >= 11 is 0. The van der Waals surface area contributed by atoms with Crippen LogP contribution in [0.1, 0.15) is 11.1 Å². The van der Waals surface area contributed by atoms with Crippen molar-refractivity contribution in [3.05, 3.63) is 95.3 Å². The Kier molecular flexibility index (Phi) is 7.15. The van der Waals surface area contributed by atoms with Crippen LogP contribution in [-0.2, 0) is 22.1 Å². The Labute approximate surface area is 204 Å². The van der Waals surface area contributed by atoms with E-state index in [-0.39, 0.29) is 34.4 Å². The Morgan fingerprint density at radius 1 is 0.972 bits per heavy atom. The van der Waals surface area contributed by atoms with Gasteiger partial charge in [-0.1, -0.05) is 12.1 Å². The average Bonchev–Trinajstić information content (AvgIpc) is 2.80. The minimum atomic E-state index is -2.73. The molecule has 0 bridgehead atoms. The van der Waals surface area contributed by atoms with Crippen LogP contribution in [0.3, 0.4) is 0 Å². The number of nitrogens with zero attached hydrogens (tertiary/aromatic N) is 3. The number of rotatable bonds is 8. The summed E-state index contributed by atoms with van der Waals surface area (Å²) in [6.07, 6.45) is 2.58. The van der Waals surface area contributed by atoms with Crippen molar-refractivity contribution < 1.29 is 26.5 Å². The standard InChI is InChI=1S/C24H19F4N5O2S/c1-36(29,34)12-14-3-2-4-17(7-14)32-24-31-13-30-23(33-24)18-6-5-16(25)9-22(18)35-11-15-8-20(27)21(28)10-19(15)26/h2-10,13,29H,11-12H2,1H3,(H,30,31,32,33). The number of hydrogen-bond donors (Lipinski definition) is 2. The highest BCUT2D eigenvalue weighted by Crippen LogP contribution is 2.30. The van der Waals surface area contributed by atoms with E-state index in [1.165, 1.54) is 18.6 Å². The van der Waals surface area contributed by atoms with Gasteiger partial charge < -0.3 is 10.1 Å². The molecule has 186 valence electrons. The first-order chi connectivity index (χ1) is 17.1. The molecule has 0 radical (unpaired) electrons. The van der Waals surface area contributed by atoms with E-state index in [1.807, 2.05) is 0 Å². The van der Waals surface area contributed by atoms with E-state index in [1.54, 1.807) is 24.3 Å². The molecular weight excluding hydrogens is 498 g/mol. The van der Waals surface area contributed by atoms with E-state index < -0.39 is 39.6 Å². The van der Waals surface area contributed by atoms with E-state index in [2.05, 4.69) is 20.3 Å². The molecule has 7 nitrogen and oxygen atoms in total. The van der Waals surface area contributed by atoms with E-state index in [0.717, 1.165) is 12.1 Å². The lowest BCUT2D eigenvalue weighted by Crippen LogP contribution is -2.04. The van der Waals surface area contributed by atoms with Crippen LogP contribution in [0.15, 0.2) is 60.9 Å². The summed E-state index contributed by atoms with van der Waals surface area (Å²) < 4.78 is 79.6. The van der Waals surface area contributed by atoms with Crippen LogP contribution in [0.5, 0.6) is 5.75 Å². The molecule has 0 spiro atoms. The molecule has 12 heteroatoms. The summed E-state index contributed by atoms with van der Waals surface area (Å²) in [6.45, 7) is -0.501. The zero-order valence-electron chi connectivity index (χ0n) is 18.8. The van der Waals surface area contributed by atoms with Gasteiger partial charge in [0, 0.05) is 39.4 Å². The number of halogens is 4. The van der Waals surface area contributed by atoms with E-state index in [4.69, 9.17) is 9.52 Å². The van der Waals surface area contributed by atoms with Gasteiger partial charge in [-0.3, -0.25) is 4.78 Å². The van der Waals surface area contributed by atoms with Crippen molar-refractivity contribution in [3.63, 3.8) is 0 Å². The molecule has 1 aromatic heterocycles. The smallest absolute Gasteiger partial charge is 0.230 e. The van der Waals surface area contributed by atoms with Crippen molar-refractivity contribution >= 4 is 21.4 Å². The summed E-state index contributed by atoms with van der Waals surface area (Å²) in [6, 6.07) is 11.6. The third kappa shape index (κ3) is 6.33. The maximum absolute atomic E-state index is 14.0. The Hall–Kier alpha value is -4.06. The molecule has 36 heavy (non-hydrogen) atoms. The van der Waals surface area contributed by atoms with Gasteiger partial charge in [-0.2, -0.15) is 4.98 Å². The molecule has 1 heterocycles. The maximum Gasteiger partial charge on any atom is 0.230 e. The minimum Gasteiger partial charge on any atom is -0.488 e. The normalized spacial score (nSPS) is 12.7. The van der Waals surface area contributed by atoms with Gasteiger partial charge in [-0.15, -0.1) is 0 Å². The summed E-state index contributed by atoms with van der Waals surface area (Å²) in [5, 5.41) is 2.99. The fourth-order valence-electron chi connectivity index (χ4n) is 3.30. The largest absolute Gasteiger partial charge is 0.488 e. The topological polar surface area (TPSA) is 101 Å². The predicted octanol–water partition coefficient (Wildman–Crippen LogP) is 5.59. The Bertz CT molecular complexity index is 1530. The minimum absolute atomic E-state index is 0.0496. The van der Waals surface area contributed by atoms with Crippen molar-refractivity contribution in [3.8, 4) is 17.1 Å². The van der Waals surface area contributed by atoms with E-state index >= 15 is 0 Å². The van der Waals surface area contributed by atoms with Gasteiger partial charge in [-0.25, -0.2) is 31.7 Å². The number of benzene rings is 3. The van der Waals surface area contributed by atoms with Crippen LogP contribution >= 0.6 is 0 Å². The maximum atomic E-state index is 14.0. The molecule has 0 fully saturated rings. The molecular formula is C24H19F4N5O2S. The van der Waals surface area contributed by atoms with Gasteiger partial charge in [0.1, 0.15) is 30.3 Å². The van der Waals surface area contributed by atoms with Gasteiger partial charge in [0.05, 0.1) is 11.3 Å². The highest BCUT2D eigenvalue weighted by Gasteiger charge is 2.15. The lowest BCUT2D eigenvalue weighted by Gasteiger charge is -2.13. The van der Waals surface area contributed by atoms with Crippen LogP contribution in [0.2, 0.25) is 0 Å². The summed E-state index contributed by atoms with van der Waals surface area (Å²) in [7, 11) is -2.73. The van der Waals surface area contributed by atoms with Gasteiger partial charge in [-0.05, 0) is 35.9 Å². The zero-order valence-corrected chi connectivity index (χ0v) is 19.6. The SMILES string of the molecule is CS(=N)(=O)Cc1cccc(Nc2ncnc(-c3ccc(F)cc3OCc3cc(F)c(F)cc3F)n2)c1. The first-order valence-electron chi connectivity index (χ1n) is 10.4. The fraction of sp³-hybridized carbons (Fsp3) is 0.125. The second-order valence-electron chi connectivity index (χ2n) is 7.89. The molecule has 1 unspecified atom stereocenters. The first kappa shape index (κ1) is 25.0. The molecule has 0 saturated carbocycles. The zero-order chi connectivity index (χ0) is 25.9. The monoisotopic (exact) mass is 517 g/mol. The summed E-state index contributed by atoms with van der Waals surface area (Å²) in [4.78, 5) is 12.5. The molecule has 0 aliphatic rings. The highest BCUT2D eigenvalue weighted by atomic mass is 32.2. The molecule has 4 aromatic rings. The molecule has 0 aliphatic carbocycles. The number of nitrogens with one attached hydrogen (secondary N) is 2. The molecule has 2 N–H and O–H groups in total. The predicted molar refractivity (Wildman–Crippen MR) is 126 cm³/mol. The van der Waals surface area contributed by atoms with E-state index in [9.17, 15) is 21.8 Å². The van der Waals surface area contributed by atoms with Gasteiger partial charge in [0.2, 0.25) is 5.95 Å². The number of ether oxygens (including phenoxy) is 1. The third-order valence-corrected chi connectivity index (χ3v) is 5.74. The van der Waals surface area contributed by atoms with E-state index in [0.29, 0.717) is 23.4 Å². The lowest BCUT2D eigenvalue weighted by atomic mass is 10.1. The Morgan fingerprint density at radius 2 is 1.75 bits per heavy atom. The highest BCUT2D eigenvalue weighted by molar-refractivity contribution is 7.90. The Morgan fingerprint density at radius 3 is 2.53 bits per heavy atom. The van der Waals surface area contributed by atoms with Crippen LogP contribution in [0, 0.1) is 28.0 Å². The van der Waals surface area contributed by atoms with Crippen molar-refractivity contribution in [1.82, 2.24) is 15.0 Å². The number of aromatic nitrogens is 3. The van der Waals surface area contributed by atoms with Crippen molar-refractivity contribution in [2.24, 2.45) is 0 Å². The molecule has 1 atom stereocenters. The van der Waals surface area contributed by atoms with Crippen LogP contribution in [0.4, 0.5) is 29.2 Å². The second kappa shape index (κ2) is 10.3. The molecule has 4 rings (SSSR count). The Balaban J connectivity index is 1.59. The number of hydrogen-bond acceptors (Lipinski definition) is 7. The van der Waals surface area contributed by atoms with Gasteiger partial charge in [0.25, 0.3) is 0 Å². The lowest BCUT2D eigenvalue weighted by molar-refractivity contribution is 0.297. The summed E-state index contributed by atoms with van der Waals surface area (Å²) in [5.41, 5.74) is 1.26. The van der Waals surface area contributed by atoms with Gasteiger partial charge in [0.15, 0.2) is 17.5 Å². The van der Waals surface area contributed by atoms with Crippen molar-refractivity contribution in [1.29, 1.82) is 4.78 Å². The van der Waals surface area contributed by atoms with Crippen molar-refractivity contribution in [2.45, 2.75) is 12.4 Å². The quantitative estimate of drug-likeness (QED) is 0.233. The van der Waals surface area contributed by atoms with Crippen LogP contribution in [0.25, 0.3) is 11.4 Å². The molecule has 3 aromatic carbocycles. The van der Waals surface area contributed by atoms with Crippen LogP contribution in [-0.4, -0.2) is 25.4 Å². The first-order valence-corrected chi connectivity index (χ1v) is 12.5. The summed E-state index contributed by atoms with van der Waals surface area (Å²) in [5.74, 6) is -3.95.